The Morgan fingerprint density at radius 1 is 1.07 bits per heavy atom. The van der Waals surface area contributed by atoms with Crippen molar-refractivity contribution in [1.29, 1.82) is 0 Å². The molecule has 1 aromatic heterocycles. The molecule has 2 aromatic rings. The molecular weight excluding hydrogens is 358 g/mol. The van der Waals surface area contributed by atoms with E-state index >= 15 is 0 Å². The molecule has 3 rings (SSSR count). The molecule has 1 aromatic carbocycles. The maximum atomic E-state index is 12.3. The number of nitrogens with one attached hydrogen (secondary N) is 2. The molecule has 0 bridgehead atoms. The summed E-state index contributed by atoms with van der Waals surface area (Å²) in [5.41, 5.74) is 0.591. The van der Waals surface area contributed by atoms with Gasteiger partial charge in [0.1, 0.15) is 11.5 Å². The van der Waals surface area contributed by atoms with Crippen molar-refractivity contribution in [1.82, 2.24) is 15.6 Å². The van der Waals surface area contributed by atoms with Crippen molar-refractivity contribution >= 4 is 11.8 Å². The summed E-state index contributed by atoms with van der Waals surface area (Å²) in [6, 6.07) is 10.6. The van der Waals surface area contributed by atoms with E-state index in [0.717, 1.165) is 19.3 Å². The topological polar surface area (TPSA) is 89.5 Å². The van der Waals surface area contributed by atoms with E-state index in [4.69, 9.17) is 9.47 Å². The van der Waals surface area contributed by atoms with Gasteiger partial charge in [-0.25, -0.2) is 0 Å². The molecule has 1 saturated carbocycles. The lowest BCUT2D eigenvalue weighted by Gasteiger charge is -2.30. The number of methoxy groups -OCH3 is 1. The first-order valence-electron chi connectivity index (χ1n) is 9.41. The molecule has 28 heavy (non-hydrogen) atoms. The largest absolute Gasteiger partial charge is 0.497 e. The van der Waals surface area contributed by atoms with Crippen LogP contribution in [0.3, 0.4) is 0 Å². The van der Waals surface area contributed by atoms with Crippen LogP contribution in [0.4, 0.5) is 0 Å². The van der Waals surface area contributed by atoms with E-state index in [0.29, 0.717) is 23.5 Å². The average molecular weight is 383 g/mol. The van der Waals surface area contributed by atoms with E-state index in [1.807, 2.05) is 12.1 Å². The Balaban J connectivity index is 1.45. The van der Waals surface area contributed by atoms with Crippen LogP contribution in [0.5, 0.6) is 11.5 Å². The molecule has 0 aliphatic heterocycles. The minimum Gasteiger partial charge on any atom is -0.497 e. The van der Waals surface area contributed by atoms with Gasteiger partial charge in [-0.1, -0.05) is 6.07 Å². The molecular formula is C21H25N3O4. The van der Waals surface area contributed by atoms with Gasteiger partial charge >= 0.3 is 0 Å². The minimum atomic E-state index is -0.172. The number of amides is 2. The van der Waals surface area contributed by atoms with Gasteiger partial charge in [0.05, 0.1) is 7.11 Å². The fraction of sp³-hybridized carbons (Fsp3) is 0.381. The maximum absolute atomic E-state index is 12.3. The third-order valence-corrected chi connectivity index (χ3v) is 4.73. The first-order valence-corrected chi connectivity index (χ1v) is 9.41. The first-order chi connectivity index (χ1) is 13.6. The molecule has 0 unspecified atom stereocenters. The van der Waals surface area contributed by atoms with Crippen LogP contribution in [0, 0.1) is 0 Å². The standard InChI is InChI=1S/C21H25N3O4/c1-27-18-6-3-7-19(13-18)28-14-20(25)23-16-4-2-5-17(12-16)24-21(26)15-8-10-22-11-9-15/h3,6-11,13,16-17H,2,4-5,12,14H2,1H3,(H,23,25)(H,24,26)/t16-,17-/m1/s1. The zero-order valence-corrected chi connectivity index (χ0v) is 15.9. The van der Waals surface area contributed by atoms with E-state index in [1.165, 1.54) is 0 Å². The summed E-state index contributed by atoms with van der Waals surface area (Å²) in [5.74, 6) is 0.980. The zero-order valence-electron chi connectivity index (χ0n) is 15.9. The molecule has 1 fully saturated rings. The highest BCUT2D eigenvalue weighted by molar-refractivity contribution is 5.94. The Morgan fingerprint density at radius 2 is 1.79 bits per heavy atom. The zero-order chi connectivity index (χ0) is 19.8. The summed E-state index contributed by atoms with van der Waals surface area (Å²) in [6.45, 7) is -0.0578. The van der Waals surface area contributed by atoms with Gasteiger partial charge in [0.2, 0.25) is 0 Å². The Morgan fingerprint density at radius 3 is 2.54 bits per heavy atom. The van der Waals surface area contributed by atoms with Gasteiger partial charge in [0.25, 0.3) is 11.8 Å². The van der Waals surface area contributed by atoms with Gasteiger partial charge in [-0.2, -0.15) is 0 Å². The van der Waals surface area contributed by atoms with E-state index in [9.17, 15) is 9.59 Å². The first kappa shape index (κ1) is 19.7. The number of rotatable bonds is 7. The quantitative estimate of drug-likeness (QED) is 0.766. The fourth-order valence-electron chi connectivity index (χ4n) is 3.33. The Labute approximate surface area is 164 Å². The highest BCUT2D eigenvalue weighted by atomic mass is 16.5. The normalized spacial score (nSPS) is 18.8. The molecule has 0 radical (unpaired) electrons. The molecule has 7 heteroatoms. The van der Waals surface area contributed by atoms with Crippen molar-refractivity contribution in [2.45, 2.75) is 37.8 Å². The molecule has 2 N–H and O–H groups in total. The van der Waals surface area contributed by atoms with Gasteiger partial charge in [0, 0.05) is 36.1 Å². The van der Waals surface area contributed by atoms with Crippen LogP contribution in [0.2, 0.25) is 0 Å². The van der Waals surface area contributed by atoms with Crippen molar-refractivity contribution in [3.05, 3.63) is 54.4 Å². The van der Waals surface area contributed by atoms with E-state index < -0.39 is 0 Å². The number of benzene rings is 1. The molecule has 1 aliphatic carbocycles. The van der Waals surface area contributed by atoms with Gasteiger partial charge in [0.15, 0.2) is 6.61 Å². The number of pyridine rings is 1. The van der Waals surface area contributed by atoms with Gasteiger partial charge < -0.3 is 20.1 Å². The summed E-state index contributed by atoms with van der Waals surface area (Å²) in [4.78, 5) is 28.4. The molecule has 2 amide bonds. The minimum absolute atomic E-state index is 0.0258. The lowest BCUT2D eigenvalue weighted by molar-refractivity contribution is -0.124. The monoisotopic (exact) mass is 383 g/mol. The van der Waals surface area contributed by atoms with Crippen molar-refractivity contribution in [2.75, 3.05) is 13.7 Å². The molecule has 1 aliphatic rings. The summed E-state index contributed by atoms with van der Waals surface area (Å²) in [5, 5.41) is 6.05. The highest BCUT2D eigenvalue weighted by Crippen LogP contribution is 2.20. The predicted molar refractivity (Wildman–Crippen MR) is 104 cm³/mol. The summed E-state index contributed by atoms with van der Waals surface area (Å²) in [6.07, 6.45) is 6.66. The third-order valence-electron chi connectivity index (χ3n) is 4.73. The summed E-state index contributed by atoms with van der Waals surface area (Å²) >= 11 is 0. The van der Waals surface area contributed by atoms with Crippen molar-refractivity contribution in [3.63, 3.8) is 0 Å². The predicted octanol–water partition coefficient (Wildman–Crippen LogP) is 2.33. The number of hydrogen-bond acceptors (Lipinski definition) is 5. The number of aromatic nitrogens is 1. The lowest BCUT2D eigenvalue weighted by atomic mass is 9.90. The Kier molecular flexibility index (Phi) is 6.84. The summed E-state index contributed by atoms with van der Waals surface area (Å²) in [7, 11) is 1.58. The third kappa shape index (κ3) is 5.70. The lowest BCUT2D eigenvalue weighted by Crippen LogP contribution is -2.46. The number of nitrogens with zero attached hydrogens (tertiary/aromatic N) is 1. The second kappa shape index (κ2) is 9.73. The van der Waals surface area contributed by atoms with Crippen LogP contribution < -0.4 is 20.1 Å². The second-order valence-corrected chi connectivity index (χ2v) is 6.80. The van der Waals surface area contributed by atoms with Crippen LogP contribution in [-0.2, 0) is 4.79 Å². The van der Waals surface area contributed by atoms with Crippen molar-refractivity contribution in [2.24, 2.45) is 0 Å². The summed E-state index contributed by atoms with van der Waals surface area (Å²) < 4.78 is 10.7. The Bertz CT molecular complexity index is 797. The van der Waals surface area contributed by atoms with E-state index in [1.54, 1.807) is 43.8 Å². The Hall–Kier alpha value is -3.09. The van der Waals surface area contributed by atoms with Gasteiger partial charge in [-0.05, 0) is 49.9 Å². The highest BCUT2D eigenvalue weighted by Gasteiger charge is 2.24. The average Bonchev–Trinajstić information content (AvgIpc) is 2.73. The van der Waals surface area contributed by atoms with Crippen LogP contribution in [0.1, 0.15) is 36.0 Å². The van der Waals surface area contributed by atoms with E-state index in [2.05, 4.69) is 15.6 Å². The molecule has 2 atom stereocenters. The SMILES string of the molecule is COc1cccc(OCC(=O)N[C@@H]2CCC[C@@H](NC(=O)c3ccncc3)C2)c1. The maximum Gasteiger partial charge on any atom is 0.258 e. The van der Waals surface area contributed by atoms with Crippen LogP contribution >= 0.6 is 0 Å². The molecule has 148 valence electrons. The van der Waals surface area contributed by atoms with Crippen molar-refractivity contribution < 1.29 is 19.1 Å². The van der Waals surface area contributed by atoms with Crippen LogP contribution in [0.25, 0.3) is 0 Å². The number of carbonyl (C=O) groups excluding carboxylic acids is 2. The molecule has 0 saturated heterocycles. The van der Waals surface area contributed by atoms with Crippen LogP contribution in [0.15, 0.2) is 48.8 Å². The molecule has 1 heterocycles. The molecule has 0 spiro atoms. The number of carbonyl (C=O) groups is 2. The van der Waals surface area contributed by atoms with Crippen molar-refractivity contribution in [3.8, 4) is 11.5 Å². The molecule has 7 nitrogen and oxygen atoms in total. The second-order valence-electron chi connectivity index (χ2n) is 6.80. The number of hydrogen-bond donors (Lipinski definition) is 2. The fourth-order valence-corrected chi connectivity index (χ4v) is 3.33. The van der Waals surface area contributed by atoms with Gasteiger partial charge in [-0.3, -0.25) is 14.6 Å². The van der Waals surface area contributed by atoms with E-state index in [-0.39, 0.29) is 30.5 Å². The smallest absolute Gasteiger partial charge is 0.258 e. The van der Waals surface area contributed by atoms with Gasteiger partial charge in [-0.15, -0.1) is 0 Å². The van der Waals surface area contributed by atoms with Crippen LogP contribution in [-0.4, -0.2) is 42.6 Å². The number of ether oxygens (including phenoxy) is 2.